The Morgan fingerprint density at radius 1 is 1.20 bits per heavy atom. The van der Waals surface area contributed by atoms with Gasteiger partial charge in [-0.2, -0.15) is 0 Å². The minimum absolute atomic E-state index is 0.193. The zero-order valence-corrected chi connectivity index (χ0v) is 16.7. The average Bonchev–Trinajstić information content (AvgIpc) is 2.78. The zero-order chi connectivity index (χ0) is 17.8. The summed E-state index contributed by atoms with van der Waals surface area (Å²) < 4.78 is 6.07. The molecule has 1 aliphatic rings. The largest absolute Gasteiger partial charge is 0.452 e. The van der Waals surface area contributed by atoms with E-state index in [4.69, 9.17) is 4.74 Å². The third-order valence-electron chi connectivity index (χ3n) is 3.96. The van der Waals surface area contributed by atoms with Crippen molar-refractivity contribution in [3.05, 3.63) is 57.7 Å². The molecule has 0 fully saturated rings. The quantitative estimate of drug-likeness (QED) is 0.497. The Morgan fingerprint density at radius 3 is 2.72 bits per heavy atom. The molecule has 1 amide bonds. The van der Waals surface area contributed by atoms with E-state index in [0.29, 0.717) is 17.4 Å². The van der Waals surface area contributed by atoms with Gasteiger partial charge in [0.2, 0.25) is 0 Å². The Hall–Kier alpha value is -1.54. The molecular formula is C19H18INO3S. The summed E-state index contributed by atoms with van der Waals surface area (Å²) >= 11 is 3.86. The number of anilines is 1. The van der Waals surface area contributed by atoms with E-state index in [9.17, 15) is 9.59 Å². The Balaban J connectivity index is 1.71. The molecule has 130 valence electrons. The topological polar surface area (TPSA) is 46.6 Å². The lowest BCUT2D eigenvalue weighted by atomic mass is 10.2. The molecule has 0 bridgehead atoms. The van der Waals surface area contributed by atoms with Crippen LogP contribution in [0.15, 0.2) is 53.4 Å². The van der Waals surface area contributed by atoms with E-state index < -0.39 is 5.97 Å². The number of nitrogens with zero attached hydrogens (tertiary/aromatic N) is 1. The third kappa shape index (κ3) is 4.36. The van der Waals surface area contributed by atoms with Gasteiger partial charge in [0, 0.05) is 20.3 Å². The van der Waals surface area contributed by atoms with Crippen molar-refractivity contribution in [1.29, 1.82) is 0 Å². The average molecular weight is 467 g/mol. The van der Waals surface area contributed by atoms with Crippen LogP contribution in [-0.2, 0) is 9.53 Å². The first-order valence-corrected chi connectivity index (χ1v) is 10.00. The van der Waals surface area contributed by atoms with E-state index in [1.165, 1.54) is 0 Å². The Bertz CT molecular complexity index is 796. The van der Waals surface area contributed by atoms with Gasteiger partial charge in [-0.15, -0.1) is 11.8 Å². The van der Waals surface area contributed by atoms with Crippen molar-refractivity contribution in [2.75, 3.05) is 18.1 Å². The van der Waals surface area contributed by atoms with Crippen LogP contribution in [0.5, 0.6) is 0 Å². The number of amides is 1. The minimum Gasteiger partial charge on any atom is -0.452 e. The molecule has 0 N–H and O–H groups in total. The standard InChI is InChI=1S/C19H18INO3S/c1-13-10-11-21(16-8-4-5-9-17(16)25-13)18(22)12-24-19(23)14-6-2-3-7-15(14)20/h2-9,13H,10-12H2,1H3. The number of carbonyl (C=O) groups excluding carboxylic acids is 2. The van der Waals surface area contributed by atoms with Gasteiger partial charge >= 0.3 is 5.97 Å². The van der Waals surface area contributed by atoms with Crippen LogP contribution in [0.4, 0.5) is 5.69 Å². The van der Waals surface area contributed by atoms with Crippen LogP contribution >= 0.6 is 34.4 Å². The lowest BCUT2D eigenvalue weighted by Gasteiger charge is -2.22. The monoisotopic (exact) mass is 467 g/mol. The summed E-state index contributed by atoms with van der Waals surface area (Å²) in [6.45, 7) is 2.54. The van der Waals surface area contributed by atoms with Crippen molar-refractivity contribution in [2.45, 2.75) is 23.5 Å². The van der Waals surface area contributed by atoms with Crippen LogP contribution in [0, 0.1) is 3.57 Å². The zero-order valence-electron chi connectivity index (χ0n) is 13.8. The molecule has 1 unspecified atom stereocenters. The number of hydrogen-bond acceptors (Lipinski definition) is 4. The third-order valence-corrected chi connectivity index (χ3v) is 6.14. The molecule has 3 rings (SSSR count). The molecular weight excluding hydrogens is 449 g/mol. The summed E-state index contributed by atoms with van der Waals surface area (Å²) in [7, 11) is 0. The van der Waals surface area contributed by atoms with E-state index in [1.54, 1.807) is 28.8 Å². The summed E-state index contributed by atoms with van der Waals surface area (Å²) in [6.07, 6.45) is 0.898. The number of ether oxygens (including phenoxy) is 1. The van der Waals surface area contributed by atoms with Crippen LogP contribution in [0.25, 0.3) is 0 Å². The number of halogens is 1. The summed E-state index contributed by atoms with van der Waals surface area (Å²) in [4.78, 5) is 27.7. The number of esters is 1. The number of hydrogen-bond donors (Lipinski definition) is 0. The normalized spacial score (nSPS) is 16.7. The molecule has 6 heteroatoms. The van der Waals surface area contributed by atoms with E-state index in [1.807, 2.05) is 36.4 Å². The fourth-order valence-corrected chi connectivity index (χ4v) is 4.38. The second-order valence-electron chi connectivity index (χ2n) is 5.79. The Labute approximate surface area is 165 Å². The van der Waals surface area contributed by atoms with Crippen LogP contribution in [0.1, 0.15) is 23.7 Å². The fraction of sp³-hybridized carbons (Fsp3) is 0.263. The molecule has 2 aromatic rings. The predicted molar refractivity (Wildman–Crippen MR) is 108 cm³/mol. The molecule has 1 heterocycles. The second-order valence-corrected chi connectivity index (χ2v) is 8.43. The maximum atomic E-state index is 12.7. The highest BCUT2D eigenvalue weighted by Gasteiger charge is 2.25. The van der Waals surface area contributed by atoms with Crippen molar-refractivity contribution >= 4 is 51.9 Å². The molecule has 1 aliphatic heterocycles. The van der Waals surface area contributed by atoms with Gasteiger partial charge in [0.25, 0.3) is 5.91 Å². The van der Waals surface area contributed by atoms with E-state index in [0.717, 1.165) is 20.6 Å². The first kappa shape index (κ1) is 18.3. The van der Waals surface area contributed by atoms with Gasteiger partial charge in [0.05, 0.1) is 11.3 Å². The van der Waals surface area contributed by atoms with Crippen molar-refractivity contribution in [3.8, 4) is 0 Å². The van der Waals surface area contributed by atoms with Gasteiger partial charge in [-0.05, 0) is 53.3 Å². The van der Waals surface area contributed by atoms with Crippen molar-refractivity contribution in [2.24, 2.45) is 0 Å². The second kappa shape index (κ2) is 8.23. The molecule has 2 aromatic carbocycles. The Morgan fingerprint density at radius 2 is 1.92 bits per heavy atom. The summed E-state index contributed by atoms with van der Waals surface area (Å²) in [5.41, 5.74) is 1.38. The van der Waals surface area contributed by atoms with Crippen LogP contribution in [0.2, 0.25) is 0 Å². The first-order chi connectivity index (χ1) is 12.1. The molecule has 0 spiro atoms. The lowest BCUT2D eigenvalue weighted by molar-refractivity contribution is -0.121. The fourth-order valence-electron chi connectivity index (χ4n) is 2.66. The smallest absolute Gasteiger partial charge is 0.339 e. The van der Waals surface area contributed by atoms with Crippen LogP contribution in [0.3, 0.4) is 0 Å². The highest BCUT2D eigenvalue weighted by Crippen LogP contribution is 2.37. The van der Waals surface area contributed by atoms with Crippen LogP contribution < -0.4 is 4.90 Å². The number of fused-ring (bicyclic) bond motifs is 1. The molecule has 1 atom stereocenters. The van der Waals surface area contributed by atoms with Gasteiger partial charge in [-0.1, -0.05) is 31.2 Å². The number of carbonyl (C=O) groups is 2. The first-order valence-electron chi connectivity index (χ1n) is 8.04. The van der Waals surface area contributed by atoms with Gasteiger partial charge in [-0.25, -0.2) is 4.79 Å². The van der Waals surface area contributed by atoms with E-state index in [-0.39, 0.29) is 12.5 Å². The van der Waals surface area contributed by atoms with E-state index in [2.05, 4.69) is 29.5 Å². The molecule has 0 saturated heterocycles. The number of thioether (sulfide) groups is 1. The maximum absolute atomic E-state index is 12.7. The maximum Gasteiger partial charge on any atom is 0.339 e. The van der Waals surface area contributed by atoms with Crippen LogP contribution in [-0.4, -0.2) is 30.3 Å². The lowest BCUT2D eigenvalue weighted by Crippen LogP contribution is -2.35. The molecule has 0 aliphatic carbocycles. The predicted octanol–water partition coefficient (Wildman–Crippen LogP) is 4.37. The van der Waals surface area contributed by atoms with Gasteiger partial charge in [-0.3, -0.25) is 4.79 Å². The van der Waals surface area contributed by atoms with Gasteiger partial charge in [0.1, 0.15) is 0 Å². The number of benzene rings is 2. The van der Waals surface area contributed by atoms with Crippen molar-refractivity contribution in [3.63, 3.8) is 0 Å². The Kier molecular flexibility index (Phi) is 6.01. The molecule has 0 aromatic heterocycles. The molecule has 0 saturated carbocycles. The van der Waals surface area contributed by atoms with Crippen molar-refractivity contribution in [1.82, 2.24) is 0 Å². The summed E-state index contributed by atoms with van der Waals surface area (Å²) in [5, 5.41) is 0.437. The molecule has 25 heavy (non-hydrogen) atoms. The SMILES string of the molecule is CC1CCN(C(=O)COC(=O)c2ccccc2I)c2ccccc2S1. The molecule has 4 nitrogen and oxygen atoms in total. The highest BCUT2D eigenvalue weighted by molar-refractivity contribution is 14.1. The summed E-state index contributed by atoms with van der Waals surface area (Å²) in [6, 6.07) is 15.1. The highest BCUT2D eigenvalue weighted by atomic mass is 127. The molecule has 0 radical (unpaired) electrons. The van der Waals surface area contributed by atoms with Gasteiger partial charge < -0.3 is 9.64 Å². The number of para-hydroxylation sites is 1. The van der Waals surface area contributed by atoms with Crippen molar-refractivity contribution < 1.29 is 14.3 Å². The minimum atomic E-state index is -0.468. The van der Waals surface area contributed by atoms with E-state index >= 15 is 0 Å². The van der Waals surface area contributed by atoms with Gasteiger partial charge in [0.15, 0.2) is 6.61 Å². The number of rotatable bonds is 3. The summed E-state index contributed by atoms with van der Waals surface area (Å²) in [5.74, 6) is -0.661.